The smallest absolute Gasteiger partial charge is 0.126 e. The van der Waals surface area contributed by atoms with Crippen LogP contribution in [0.15, 0.2) is 18.2 Å². The van der Waals surface area contributed by atoms with Gasteiger partial charge < -0.3 is 10.4 Å². The van der Waals surface area contributed by atoms with Gasteiger partial charge in [0.15, 0.2) is 0 Å². The molecule has 0 aliphatic heterocycles. The molecule has 1 atom stereocenters. The summed E-state index contributed by atoms with van der Waals surface area (Å²) in [6.07, 6.45) is 0.769. The first-order valence-corrected chi connectivity index (χ1v) is 5.25. The third kappa shape index (κ3) is 4.24. The summed E-state index contributed by atoms with van der Waals surface area (Å²) in [5, 5.41) is 12.9. The zero-order valence-electron chi connectivity index (χ0n) is 9.56. The molecule has 1 unspecified atom stereocenters. The molecule has 0 fully saturated rings. The van der Waals surface area contributed by atoms with E-state index in [-0.39, 0.29) is 6.42 Å². The summed E-state index contributed by atoms with van der Waals surface area (Å²) in [4.78, 5) is 0. The molecule has 0 saturated carbocycles. The molecule has 0 bridgehead atoms. The normalized spacial score (nSPS) is 14.8. The molecule has 0 saturated heterocycles. The molecule has 4 heteroatoms. The third-order valence-electron chi connectivity index (χ3n) is 2.42. The molecule has 0 heterocycles. The lowest BCUT2D eigenvalue weighted by Gasteiger charge is -2.23. The summed E-state index contributed by atoms with van der Waals surface area (Å²) in [7, 11) is 1.79. The first-order valence-electron chi connectivity index (χ1n) is 5.25. The van der Waals surface area contributed by atoms with E-state index in [2.05, 4.69) is 5.32 Å². The van der Waals surface area contributed by atoms with Crippen LogP contribution in [0.2, 0.25) is 0 Å². The van der Waals surface area contributed by atoms with Gasteiger partial charge in [-0.1, -0.05) is 0 Å². The topological polar surface area (TPSA) is 32.3 Å². The molecule has 1 aromatic rings. The van der Waals surface area contributed by atoms with Crippen molar-refractivity contribution < 1.29 is 13.9 Å². The van der Waals surface area contributed by atoms with Gasteiger partial charge in [-0.25, -0.2) is 8.78 Å². The number of benzene rings is 1. The zero-order valence-corrected chi connectivity index (χ0v) is 9.56. The molecular formula is C12H17F2NO. The molecule has 0 aliphatic rings. The second kappa shape index (κ2) is 5.37. The molecule has 0 radical (unpaired) electrons. The van der Waals surface area contributed by atoms with Gasteiger partial charge in [0.1, 0.15) is 11.6 Å². The molecule has 90 valence electrons. The lowest BCUT2D eigenvalue weighted by molar-refractivity contribution is 0.0519. The van der Waals surface area contributed by atoms with Crippen LogP contribution in [0.4, 0.5) is 8.78 Å². The summed E-state index contributed by atoms with van der Waals surface area (Å²) in [5.74, 6) is -1.22. The van der Waals surface area contributed by atoms with Gasteiger partial charge >= 0.3 is 0 Å². The van der Waals surface area contributed by atoms with Gasteiger partial charge in [0.25, 0.3) is 0 Å². The van der Waals surface area contributed by atoms with E-state index in [1.807, 2.05) is 0 Å². The largest absolute Gasteiger partial charge is 0.390 e. The Morgan fingerprint density at radius 2 is 1.81 bits per heavy atom. The first-order chi connectivity index (χ1) is 7.43. The maximum atomic E-state index is 12.9. The van der Waals surface area contributed by atoms with Crippen LogP contribution < -0.4 is 5.32 Å². The van der Waals surface area contributed by atoms with Crippen molar-refractivity contribution in [3.8, 4) is 0 Å². The Hall–Kier alpha value is -1.00. The van der Waals surface area contributed by atoms with E-state index in [4.69, 9.17) is 0 Å². The summed E-state index contributed by atoms with van der Waals surface area (Å²) in [6, 6.07) is 3.32. The van der Waals surface area contributed by atoms with Crippen LogP contribution in [-0.2, 0) is 6.42 Å². The fourth-order valence-corrected chi connectivity index (χ4v) is 1.64. The summed E-state index contributed by atoms with van der Waals surface area (Å²) < 4.78 is 25.8. The Morgan fingerprint density at radius 3 is 2.31 bits per heavy atom. The fraction of sp³-hybridized carbons (Fsp3) is 0.500. The molecule has 1 aromatic carbocycles. The molecular weight excluding hydrogens is 212 g/mol. The molecule has 0 amide bonds. The number of hydrogen-bond donors (Lipinski definition) is 2. The summed E-state index contributed by atoms with van der Waals surface area (Å²) in [5.41, 5.74) is -0.484. The van der Waals surface area contributed by atoms with Crippen LogP contribution in [0.3, 0.4) is 0 Å². The maximum absolute atomic E-state index is 12.9. The van der Waals surface area contributed by atoms with Gasteiger partial charge in [-0.3, -0.25) is 0 Å². The van der Waals surface area contributed by atoms with E-state index >= 15 is 0 Å². The van der Waals surface area contributed by atoms with Crippen LogP contribution in [0, 0.1) is 11.6 Å². The summed E-state index contributed by atoms with van der Waals surface area (Å²) in [6.45, 7) is 2.32. The van der Waals surface area contributed by atoms with E-state index in [1.54, 1.807) is 14.0 Å². The molecule has 0 aliphatic carbocycles. The maximum Gasteiger partial charge on any atom is 0.126 e. The molecule has 16 heavy (non-hydrogen) atoms. The highest BCUT2D eigenvalue weighted by molar-refractivity contribution is 5.19. The minimum absolute atomic E-state index is 0.239. The Bertz CT molecular complexity index is 333. The standard InChI is InChI=1S/C12H17F2NO/c1-12(16,3-4-15-2)8-9-5-10(13)7-11(14)6-9/h5-7,15-16H,3-4,8H2,1-2H3. The minimum atomic E-state index is -0.955. The highest BCUT2D eigenvalue weighted by Gasteiger charge is 2.20. The highest BCUT2D eigenvalue weighted by atomic mass is 19.1. The molecule has 2 nitrogen and oxygen atoms in total. The predicted molar refractivity (Wildman–Crippen MR) is 59.2 cm³/mol. The lowest BCUT2D eigenvalue weighted by Crippen LogP contribution is -2.31. The van der Waals surface area contributed by atoms with Crippen LogP contribution >= 0.6 is 0 Å². The molecule has 2 N–H and O–H groups in total. The number of rotatable bonds is 5. The van der Waals surface area contributed by atoms with Gasteiger partial charge in [-0.15, -0.1) is 0 Å². The Balaban J connectivity index is 2.71. The lowest BCUT2D eigenvalue weighted by atomic mass is 9.93. The zero-order chi connectivity index (χ0) is 12.2. The quantitative estimate of drug-likeness (QED) is 0.807. The number of hydrogen-bond acceptors (Lipinski definition) is 2. The second-order valence-electron chi connectivity index (χ2n) is 4.30. The second-order valence-corrected chi connectivity index (χ2v) is 4.30. The van der Waals surface area contributed by atoms with Crippen LogP contribution in [0.1, 0.15) is 18.9 Å². The van der Waals surface area contributed by atoms with Crippen LogP contribution in [0.5, 0.6) is 0 Å². The average molecular weight is 229 g/mol. The highest BCUT2D eigenvalue weighted by Crippen LogP contribution is 2.18. The van der Waals surface area contributed by atoms with E-state index in [1.165, 1.54) is 12.1 Å². The van der Waals surface area contributed by atoms with Crippen molar-refractivity contribution in [3.05, 3.63) is 35.4 Å². The Labute approximate surface area is 94.3 Å². The summed E-state index contributed by atoms with van der Waals surface area (Å²) >= 11 is 0. The van der Waals surface area contributed by atoms with Gasteiger partial charge in [0.05, 0.1) is 5.60 Å². The van der Waals surface area contributed by atoms with Crippen molar-refractivity contribution in [1.29, 1.82) is 0 Å². The predicted octanol–water partition coefficient (Wildman–Crippen LogP) is 1.87. The number of aliphatic hydroxyl groups is 1. The monoisotopic (exact) mass is 229 g/mol. The average Bonchev–Trinajstić information content (AvgIpc) is 2.12. The van der Waals surface area contributed by atoms with Gasteiger partial charge in [-0.05, 0) is 44.6 Å². The van der Waals surface area contributed by atoms with Crippen molar-refractivity contribution in [3.63, 3.8) is 0 Å². The van der Waals surface area contributed by atoms with Crippen molar-refractivity contribution in [2.24, 2.45) is 0 Å². The fourth-order valence-electron chi connectivity index (χ4n) is 1.64. The third-order valence-corrected chi connectivity index (χ3v) is 2.42. The van der Waals surface area contributed by atoms with Gasteiger partial charge in [0.2, 0.25) is 0 Å². The van der Waals surface area contributed by atoms with Crippen molar-refractivity contribution >= 4 is 0 Å². The van der Waals surface area contributed by atoms with Gasteiger partial charge in [0, 0.05) is 12.5 Å². The van der Waals surface area contributed by atoms with Crippen LogP contribution in [0.25, 0.3) is 0 Å². The Kier molecular flexibility index (Phi) is 4.38. The van der Waals surface area contributed by atoms with Crippen molar-refractivity contribution in [1.82, 2.24) is 5.32 Å². The van der Waals surface area contributed by atoms with Crippen LogP contribution in [-0.4, -0.2) is 24.3 Å². The van der Waals surface area contributed by atoms with Crippen molar-refractivity contribution in [2.75, 3.05) is 13.6 Å². The molecule has 0 spiro atoms. The number of nitrogens with one attached hydrogen (secondary N) is 1. The van der Waals surface area contributed by atoms with E-state index < -0.39 is 17.2 Å². The number of halogens is 2. The van der Waals surface area contributed by atoms with Gasteiger partial charge in [-0.2, -0.15) is 0 Å². The Morgan fingerprint density at radius 1 is 1.25 bits per heavy atom. The minimum Gasteiger partial charge on any atom is -0.390 e. The van der Waals surface area contributed by atoms with E-state index in [9.17, 15) is 13.9 Å². The first kappa shape index (κ1) is 13.1. The molecule has 0 aromatic heterocycles. The van der Waals surface area contributed by atoms with Crippen molar-refractivity contribution in [2.45, 2.75) is 25.4 Å². The van der Waals surface area contributed by atoms with E-state index in [0.29, 0.717) is 18.5 Å². The SMILES string of the molecule is CNCCC(C)(O)Cc1cc(F)cc(F)c1. The van der Waals surface area contributed by atoms with E-state index in [0.717, 1.165) is 6.07 Å². The molecule has 1 rings (SSSR count).